The average Bonchev–Trinajstić information content (AvgIpc) is 3.16. The van der Waals surface area contributed by atoms with Crippen LogP contribution in [0, 0.1) is 0 Å². The Morgan fingerprint density at radius 3 is 1.41 bits per heavy atom. The van der Waals surface area contributed by atoms with Gasteiger partial charge in [0.25, 0.3) is 0 Å². The molecule has 320 valence electrons. The van der Waals surface area contributed by atoms with Crippen LogP contribution < -0.4 is 0 Å². The second kappa shape index (κ2) is 39.9. The van der Waals surface area contributed by atoms with E-state index in [1.807, 2.05) is 6.08 Å². The number of esters is 2. The molecule has 0 saturated carbocycles. The topological polar surface area (TPSA) is 149 Å². The molecular weight excluding hydrogens is 707 g/mol. The number of hydrogen-bond donors (Lipinski definition) is 3. The molecule has 0 aliphatic rings. The van der Waals surface area contributed by atoms with Gasteiger partial charge in [0.2, 0.25) is 0 Å². The summed E-state index contributed by atoms with van der Waals surface area (Å²) in [5.41, 5.74) is 0. The van der Waals surface area contributed by atoms with Gasteiger partial charge < -0.3 is 24.6 Å². The van der Waals surface area contributed by atoms with Crippen LogP contribution in [-0.4, -0.2) is 65.7 Å². The number of rotatable bonds is 42. The molecule has 0 saturated heterocycles. The summed E-state index contributed by atoms with van der Waals surface area (Å²) in [5, 5.41) is 18.3. The molecule has 0 rings (SSSR count). The minimum Gasteiger partial charge on any atom is -0.462 e. The fourth-order valence-corrected chi connectivity index (χ4v) is 7.04. The summed E-state index contributed by atoms with van der Waals surface area (Å²) in [5.74, 6) is -0.970. The number of phosphoric ester groups is 1. The lowest BCUT2D eigenvalue weighted by molar-refractivity contribution is -0.161. The zero-order chi connectivity index (χ0) is 39.8. The van der Waals surface area contributed by atoms with Crippen molar-refractivity contribution in [2.75, 3.05) is 26.4 Å². The van der Waals surface area contributed by atoms with Crippen molar-refractivity contribution in [3.8, 4) is 0 Å². The molecule has 0 fully saturated rings. The second-order valence-corrected chi connectivity index (χ2v) is 16.5. The predicted molar refractivity (Wildman–Crippen MR) is 219 cm³/mol. The molecule has 0 aliphatic carbocycles. The predicted octanol–water partition coefficient (Wildman–Crippen LogP) is 11.6. The van der Waals surface area contributed by atoms with Crippen molar-refractivity contribution in [2.45, 2.75) is 225 Å². The van der Waals surface area contributed by atoms with Gasteiger partial charge in [-0.2, -0.15) is 0 Å². The normalized spacial score (nSPS) is 13.9. The van der Waals surface area contributed by atoms with E-state index >= 15 is 0 Å². The van der Waals surface area contributed by atoms with E-state index < -0.39 is 51.8 Å². The molecule has 0 radical (unpaired) electrons. The molecule has 0 bridgehead atoms. The summed E-state index contributed by atoms with van der Waals surface area (Å²) in [4.78, 5) is 34.9. The fraction of sp³-hybridized carbons (Fsp3) is 0.907. The molecule has 3 atom stereocenters. The third kappa shape index (κ3) is 39.0. The van der Waals surface area contributed by atoms with Gasteiger partial charge in [0.1, 0.15) is 12.7 Å². The fourth-order valence-electron chi connectivity index (χ4n) is 6.25. The molecular formula is C43H83O10P. The van der Waals surface area contributed by atoms with E-state index in [2.05, 4.69) is 24.4 Å². The number of allylic oxidation sites excluding steroid dienone is 2. The van der Waals surface area contributed by atoms with Crippen LogP contribution in [0.2, 0.25) is 0 Å². The van der Waals surface area contributed by atoms with Crippen molar-refractivity contribution in [2.24, 2.45) is 0 Å². The number of ether oxygens (including phenoxy) is 2. The Balaban J connectivity index is 4.29. The molecule has 3 N–H and O–H groups in total. The van der Waals surface area contributed by atoms with Gasteiger partial charge in [-0.05, 0) is 25.7 Å². The number of hydrogen-bond acceptors (Lipinski definition) is 9. The van der Waals surface area contributed by atoms with Crippen molar-refractivity contribution >= 4 is 19.8 Å². The maximum Gasteiger partial charge on any atom is 0.472 e. The van der Waals surface area contributed by atoms with Crippen LogP contribution in [0.25, 0.3) is 0 Å². The van der Waals surface area contributed by atoms with Crippen LogP contribution in [0.4, 0.5) is 0 Å². The van der Waals surface area contributed by atoms with E-state index in [4.69, 9.17) is 19.1 Å². The van der Waals surface area contributed by atoms with Gasteiger partial charge in [-0.3, -0.25) is 18.6 Å². The number of carbonyl (C=O) groups is 2. The Kier molecular flexibility index (Phi) is 39.0. The Morgan fingerprint density at radius 1 is 0.537 bits per heavy atom. The van der Waals surface area contributed by atoms with Crippen molar-refractivity contribution in [3.63, 3.8) is 0 Å². The molecule has 0 amide bonds. The SMILES string of the molecule is CCCCCCCCCCCCC/C=C/CCC(=O)OC[C@H](COP(=O)(O)OC[C@@H](O)CO)OC(=O)CCCCCCCCCCCCCCCCCC. The number of phosphoric acid groups is 1. The van der Waals surface area contributed by atoms with Gasteiger partial charge in [0.05, 0.1) is 19.8 Å². The molecule has 10 nitrogen and oxygen atoms in total. The molecule has 0 aromatic carbocycles. The van der Waals surface area contributed by atoms with Crippen molar-refractivity contribution in [1.82, 2.24) is 0 Å². The van der Waals surface area contributed by atoms with Crippen LogP contribution in [-0.2, 0) is 32.7 Å². The molecule has 0 aromatic heterocycles. The molecule has 54 heavy (non-hydrogen) atoms. The third-order valence-electron chi connectivity index (χ3n) is 9.68. The van der Waals surface area contributed by atoms with Crippen LogP contribution in [0.15, 0.2) is 12.2 Å². The average molecular weight is 791 g/mol. The molecule has 0 aromatic rings. The summed E-state index contributed by atoms with van der Waals surface area (Å²) < 4.78 is 32.7. The van der Waals surface area contributed by atoms with E-state index in [0.717, 1.165) is 32.1 Å². The molecule has 0 heterocycles. The van der Waals surface area contributed by atoms with Gasteiger partial charge in [-0.25, -0.2) is 4.57 Å². The van der Waals surface area contributed by atoms with Crippen molar-refractivity contribution in [1.29, 1.82) is 0 Å². The van der Waals surface area contributed by atoms with Gasteiger partial charge in [0.15, 0.2) is 6.10 Å². The maximum absolute atomic E-state index is 12.6. The number of unbranched alkanes of at least 4 members (excludes halogenated alkanes) is 26. The maximum atomic E-state index is 12.6. The van der Waals surface area contributed by atoms with E-state index in [1.54, 1.807) is 0 Å². The molecule has 0 aliphatic heterocycles. The van der Waals surface area contributed by atoms with Gasteiger partial charge in [0, 0.05) is 12.8 Å². The molecule has 11 heteroatoms. The zero-order valence-electron chi connectivity index (χ0n) is 34.7. The van der Waals surface area contributed by atoms with Crippen LogP contribution >= 0.6 is 7.82 Å². The first-order chi connectivity index (χ1) is 26.2. The summed E-state index contributed by atoms with van der Waals surface area (Å²) in [6, 6.07) is 0. The Bertz CT molecular complexity index is 915. The zero-order valence-corrected chi connectivity index (χ0v) is 35.6. The number of carbonyl (C=O) groups excluding carboxylic acids is 2. The minimum atomic E-state index is -4.62. The van der Waals surface area contributed by atoms with E-state index in [0.29, 0.717) is 12.8 Å². The second-order valence-electron chi connectivity index (χ2n) is 15.1. The van der Waals surface area contributed by atoms with E-state index in [1.165, 1.54) is 141 Å². The first-order valence-corrected chi connectivity index (χ1v) is 23.6. The first-order valence-electron chi connectivity index (χ1n) is 22.1. The molecule has 1 unspecified atom stereocenters. The number of aliphatic hydroxyl groups excluding tert-OH is 2. The monoisotopic (exact) mass is 791 g/mol. The van der Waals surface area contributed by atoms with Crippen molar-refractivity contribution < 1.29 is 47.8 Å². The van der Waals surface area contributed by atoms with Crippen molar-refractivity contribution in [3.05, 3.63) is 12.2 Å². The highest BCUT2D eigenvalue weighted by Crippen LogP contribution is 2.43. The highest BCUT2D eigenvalue weighted by molar-refractivity contribution is 7.47. The largest absolute Gasteiger partial charge is 0.472 e. The highest BCUT2D eigenvalue weighted by Gasteiger charge is 2.27. The molecule has 0 spiro atoms. The standard InChI is InChI=1S/C43H83O10P/c1-3-5-7-9-11-13-15-17-19-21-23-25-27-29-31-33-35-43(47)53-41(39-52-54(48,49)51-37-40(45)36-44)38-50-42(46)34-32-30-28-26-24-22-20-18-16-14-12-10-8-6-4-2/h28,30,40-41,44-45H,3-27,29,31-39H2,1-2H3,(H,48,49)/b30-28+/t40-,41+/m0/s1. The Labute approximate surface area is 330 Å². The summed E-state index contributed by atoms with van der Waals surface area (Å²) in [7, 11) is -4.62. The van der Waals surface area contributed by atoms with Crippen LogP contribution in [0.5, 0.6) is 0 Å². The van der Waals surface area contributed by atoms with Crippen LogP contribution in [0.3, 0.4) is 0 Å². The van der Waals surface area contributed by atoms with E-state index in [-0.39, 0.29) is 19.4 Å². The third-order valence-corrected chi connectivity index (χ3v) is 10.6. The lowest BCUT2D eigenvalue weighted by Crippen LogP contribution is -2.29. The smallest absolute Gasteiger partial charge is 0.462 e. The summed E-state index contributed by atoms with van der Waals surface area (Å²) >= 11 is 0. The number of aliphatic hydroxyl groups is 2. The first kappa shape index (κ1) is 52.7. The van der Waals surface area contributed by atoms with Gasteiger partial charge in [-0.1, -0.05) is 187 Å². The van der Waals surface area contributed by atoms with Gasteiger partial charge >= 0.3 is 19.8 Å². The Morgan fingerprint density at radius 2 is 0.944 bits per heavy atom. The lowest BCUT2D eigenvalue weighted by Gasteiger charge is -2.20. The van der Waals surface area contributed by atoms with E-state index in [9.17, 15) is 24.2 Å². The summed E-state index contributed by atoms with van der Waals surface area (Å²) in [6.07, 6.45) is 37.6. The Hall–Kier alpha value is -1.29. The quantitative estimate of drug-likeness (QED) is 0.0236. The lowest BCUT2D eigenvalue weighted by atomic mass is 10.0. The van der Waals surface area contributed by atoms with Crippen LogP contribution in [0.1, 0.15) is 213 Å². The summed E-state index contributed by atoms with van der Waals surface area (Å²) in [6.45, 7) is 2.37. The highest BCUT2D eigenvalue weighted by atomic mass is 31.2. The van der Waals surface area contributed by atoms with Gasteiger partial charge in [-0.15, -0.1) is 0 Å². The minimum absolute atomic E-state index is 0.163.